The molecule has 0 radical (unpaired) electrons. The normalized spacial score (nSPS) is 11.3. The van der Waals surface area contributed by atoms with Gasteiger partial charge in [-0.2, -0.15) is 0 Å². The number of pyridine rings is 1. The van der Waals surface area contributed by atoms with E-state index in [0.29, 0.717) is 20.9 Å². The largest absolute Gasteiger partial charge is 0.278 e. The van der Waals surface area contributed by atoms with Gasteiger partial charge in [0, 0.05) is 5.02 Å². The van der Waals surface area contributed by atoms with Gasteiger partial charge in [-0.1, -0.05) is 17.7 Å². The Kier molecular flexibility index (Phi) is 4.13. The fourth-order valence-corrected chi connectivity index (χ4v) is 3.30. The zero-order chi connectivity index (χ0) is 14.0. The van der Waals surface area contributed by atoms with Crippen LogP contribution >= 0.6 is 27.5 Å². The maximum atomic E-state index is 12.3. The van der Waals surface area contributed by atoms with E-state index in [4.69, 9.17) is 11.6 Å². The van der Waals surface area contributed by atoms with E-state index in [9.17, 15) is 8.42 Å². The SMILES string of the molecule is Cc1ccc(Cl)cc1S(=O)(=O)Nc1ccc(Br)nc1. The van der Waals surface area contributed by atoms with Crippen molar-refractivity contribution < 1.29 is 8.42 Å². The molecule has 0 aliphatic rings. The Morgan fingerprint density at radius 3 is 2.63 bits per heavy atom. The van der Waals surface area contributed by atoms with Crippen LogP contribution in [0.5, 0.6) is 0 Å². The molecule has 0 aliphatic carbocycles. The van der Waals surface area contributed by atoms with Crippen molar-refractivity contribution in [3.05, 3.63) is 51.7 Å². The lowest BCUT2D eigenvalue weighted by Gasteiger charge is -2.10. The maximum absolute atomic E-state index is 12.3. The topological polar surface area (TPSA) is 59.1 Å². The summed E-state index contributed by atoms with van der Waals surface area (Å²) >= 11 is 9.02. The summed E-state index contributed by atoms with van der Waals surface area (Å²) < 4.78 is 27.6. The van der Waals surface area contributed by atoms with Crippen molar-refractivity contribution in [3.63, 3.8) is 0 Å². The van der Waals surface area contributed by atoms with Gasteiger partial charge in [-0.15, -0.1) is 0 Å². The monoisotopic (exact) mass is 360 g/mol. The minimum absolute atomic E-state index is 0.155. The Labute approximate surface area is 125 Å². The molecule has 0 saturated carbocycles. The van der Waals surface area contributed by atoms with E-state index in [0.717, 1.165) is 0 Å². The molecule has 0 atom stereocenters. The van der Waals surface area contributed by atoms with Crippen molar-refractivity contribution in [2.45, 2.75) is 11.8 Å². The van der Waals surface area contributed by atoms with Gasteiger partial charge in [-0.3, -0.25) is 4.72 Å². The fourth-order valence-electron chi connectivity index (χ4n) is 1.51. The molecular weight excluding hydrogens is 352 g/mol. The Morgan fingerprint density at radius 1 is 1.26 bits per heavy atom. The van der Waals surface area contributed by atoms with Crippen LogP contribution in [-0.2, 0) is 10.0 Å². The van der Waals surface area contributed by atoms with Crippen molar-refractivity contribution in [1.82, 2.24) is 4.98 Å². The van der Waals surface area contributed by atoms with Crippen LogP contribution in [0.2, 0.25) is 5.02 Å². The average Bonchev–Trinajstić information content (AvgIpc) is 2.35. The number of aryl methyl sites for hydroxylation is 1. The first-order chi connectivity index (χ1) is 8.88. The number of anilines is 1. The van der Waals surface area contributed by atoms with Crippen LogP contribution in [0.4, 0.5) is 5.69 Å². The lowest BCUT2D eigenvalue weighted by Crippen LogP contribution is -2.14. The zero-order valence-electron chi connectivity index (χ0n) is 9.89. The highest BCUT2D eigenvalue weighted by atomic mass is 79.9. The molecule has 2 aromatic rings. The smallest absolute Gasteiger partial charge is 0.262 e. The number of aromatic nitrogens is 1. The molecule has 0 bridgehead atoms. The van der Waals surface area contributed by atoms with Crippen molar-refractivity contribution >= 4 is 43.2 Å². The number of nitrogens with zero attached hydrogens (tertiary/aromatic N) is 1. The van der Waals surface area contributed by atoms with Crippen LogP contribution < -0.4 is 4.72 Å². The number of hydrogen-bond acceptors (Lipinski definition) is 3. The second kappa shape index (κ2) is 5.48. The fraction of sp³-hybridized carbons (Fsp3) is 0.0833. The van der Waals surface area contributed by atoms with E-state index < -0.39 is 10.0 Å². The van der Waals surface area contributed by atoms with E-state index in [1.807, 2.05) is 0 Å². The average molecular weight is 362 g/mol. The first kappa shape index (κ1) is 14.3. The molecule has 1 heterocycles. The molecule has 100 valence electrons. The van der Waals surface area contributed by atoms with E-state index >= 15 is 0 Å². The summed E-state index contributed by atoms with van der Waals surface area (Å²) in [6, 6.07) is 8.01. The molecule has 0 fully saturated rings. The minimum Gasteiger partial charge on any atom is -0.278 e. The molecule has 0 unspecified atom stereocenters. The summed E-state index contributed by atoms with van der Waals surface area (Å²) in [5.74, 6) is 0. The van der Waals surface area contributed by atoms with Crippen molar-refractivity contribution in [3.8, 4) is 0 Å². The summed E-state index contributed by atoms with van der Waals surface area (Å²) in [5, 5.41) is 0.375. The molecule has 7 heteroatoms. The van der Waals surface area contributed by atoms with Gasteiger partial charge in [0.15, 0.2) is 0 Å². The number of benzene rings is 1. The molecular formula is C12H10BrClN2O2S. The summed E-state index contributed by atoms with van der Waals surface area (Å²) in [4.78, 5) is 4.12. The number of nitrogens with one attached hydrogen (secondary N) is 1. The lowest BCUT2D eigenvalue weighted by atomic mass is 10.2. The highest BCUT2D eigenvalue weighted by molar-refractivity contribution is 9.10. The lowest BCUT2D eigenvalue weighted by molar-refractivity contribution is 0.600. The van der Waals surface area contributed by atoms with Crippen LogP contribution in [0.25, 0.3) is 0 Å². The molecule has 1 aromatic heterocycles. The zero-order valence-corrected chi connectivity index (χ0v) is 13.1. The summed E-state index contributed by atoms with van der Waals surface area (Å²) in [6.07, 6.45) is 1.43. The van der Waals surface area contributed by atoms with Crippen molar-refractivity contribution in [1.29, 1.82) is 0 Å². The Balaban J connectivity index is 2.37. The summed E-state index contributed by atoms with van der Waals surface area (Å²) in [5.41, 5.74) is 1.02. The first-order valence-corrected chi connectivity index (χ1v) is 7.94. The van der Waals surface area contributed by atoms with Gasteiger partial charge in [0.25, 0.3) is 10.0 Å². The van der Waals surface area contributed by atoms with E-state index in [2.05, 4.69) is 25.6 Å². The third-order valence-corrected chi connectivity index (χ3v) is 4.65. The third kappa shape index (κ3) is 3.46. The Bertz CT molecular complexity index is 702. The number of halogens is 2. The molecule has 19 heavy (non-hydrogen) atoms. The Hall–Kier alpha value is -1.11. The molecule has 4 nitrogen and oxygen atoms in total. The van der Waals surface area contributed by atoms with Gasteiger partial charge in [0.2, 0.25) is 0 Å². The second-order valence-corrected chi connectivity index (χ2v) is 6.78. The van der Waals surface area contributed by atoms with Crippen LogP contribution in [0.3, 0.4) is 0 Å². The van der Waals surface area contributed by atoms with Gasteiger partial charge in [-0.05, 0) is 52.7 Å². The van der Waals surface area contributed by atoms with Crippen LogP contribution in [0.15, 0.2) is 46.0 Å². The number of hydrogen-bond donors (Lipinski definition) is 1. The molecule has 0 aliphatic heterocycles. The molecule has 0 saturated heterocycles. The Morgan fingerprint density at radius 2 is 2.00 bits per heavy atom. The highest BCUT2D eigenvalue weighted by Gasteiger charge is 2.17. The van der Waals surface area contributed by atoms with Crippen molar-refractivity contribution in [2.75, 3.05) is 4.72 Å². The molecule has 1 aromatic carbocycles. The standard InChI is InChI=1S/C12H10BrClN2O2S/c1-8-2-3-9(14)6-11(8)19(17,18)16-10-4-5-12(13)15-7-10/h2-7,16H,1H3. The van der Waals surface area contributed by atoms with Gasteiger partial charge in [-0.25, -0.2) is 13.4 Å². The van der Waals surface area contributed by atoms with E-state index in [-0.39, 0.29) is 4.90 Å². The quantitative estimate of drug-likeness (QED) is 0.850. The molecule has 0 amide bonds. The molecule has 1 N–H and O–H groups in total. The van der Waals surface area contributed by atoms with Crippen molar-refractivity contribution in [2.24, 2.45) is 0 Å². The van der Waals surface area contributed by atoms with E-state index in [1.54, 1.807) is 31.2 Å². The first-order valence-electron chi connectivity index (χ1n) is 5.29. The highest BCUT2D eigenvalue weighted by Crippen LogP contribution is 2.22. The van der Waals surface area contributed by atoms with Crippen LogP contribution in [0.1, 0.15) is 5.56 Å². The summed E-state index contributed by atoms with van der Waals surface area (Å²) in [6.45, 7) is 1.71. The summed E-state index contributed by atoms with van der Waals surface area (Å²) in [7, 11) is -3.67. The van der Waals surface area contributed by atoms with Gasteiger partial charge in [0.05, 0.1) is 16.8 Å². The van der Waals surface area contributed by atoms with E-state index in [1.165, 1.54) is 12.3 Å². The second-order valence-electron chi connectivity index (χ2n) is 3.88. The molecule has 0 spiro atoms. The van der Waals surface area contributed by atoms with Gasteiger partial charge >= 0.3 is 0 Å². The van der Waals surface area contributed by atoms with Gasteiger partial charge < -0.3 is 0 Å². The third-order valence-electron chi connectivity index (χ3n) is 2.42. The molecule has 2 rings (SSSR count). The van der Waals surface area contributed by atoms with Crippen LogP contribution in [0, 0.1) is 6.92 Å². The van der Waals surface area contributed by atoms with Crippen LogP contribution in [-0.4, -0.2) is 13.4 Å². The number of sulfonamides is 1. The maximum Gasteiger partial charge on any atom is 0.262 e. The number of rotatable bonds is 3. The predicted molar refractivity (Wildman–Crippen MR) is 78.9 cm³/mol. The van der Waals surface area contributed by atoms with Gasteiger partial charge in [0.1, 0.15) is 4.60 Å². The predicted octanol–water partition coefficient (Wildman–Crippen LogP) is 3.61. The minimum atomic E-state index is -3.67.